The number of hydrogen-bond donors (Lipinski definition) is 1. The molecule has 0 radical (unpaired) electrons. The molecule has 0 atom stereocenters. The second-order valence-electron chi connectivity index (χ2n) is 5.56. The van der Waals surface area contributed by atoms with Crippen LogP contribution in [-0.4, -0.2) is 16.0 Å². The summed E-state index contributed by atoms with van der Waals surface area (Å²) in [6, 6.07) is 4.52. The van der Waals surface area contributed by atoms with E-state index >= 15 is 0 Å². The fraction of sp³-hybridized carbons (Fsp3) is 0.400. The molecule has 1 N–H and O–H groups in total. The molecule has 0 unspecified atom stereocenters. The second kappa shape index (κ2) is 6.44. The van der Waals surface area contributed by atoms with Gasteiger partial charge in [0.2, 0.25) is 11.8 Å². The molecule has 1 aromatic heterocycles. The van der Waals surface area contributed by atoms with Gasteiger partial charge >= 0.3 is 0 Å². The molecule has 5 nitrogen and oxygen atoms in total. The Balaban J connectivity index is 1.93. The van der Waals surface area contributed by atoms with E-state index in [9.17, 15) is 9.18 Å². The zero-order chi connectivity index (χ0) is 16.3. The topological polar surface area (TPSA) is 68.0 Å². The highest BCUT2D eigenvalue weighted by atomic mass is 35.5. The normalized spacial score (nSPS) is 11.5. The van der Waals surface area contributed by atoms with Gasteiger partial charge in [-0.05, 0) is 38.0 Å². The molecule has 0 fully saturated rings. The van der Waals surface area contributed by atoms with E-state index in [0.29, 0.717) is 23.7 Å². The molecule has 118 valence electrons. The number of carbonyl (C=O) groups is 1. The smallest absolute Gasteiger partial charge is 0.223 e. The summed E-state index contributed by atoms with van der Waals surface area (Å²) in [6.45, 7) is 5.26. The van der Waals surface area contributed by atoms with Gasteiger partial charge in [0.05, 0.1) is 10.6 Å². The average molecular weight is 326 g/mol. The summed E-state index contributed by atoms with van der Waals surface area (Å²) in [5.74, 6) is 0.190. The second-order valence-corrected chi connectivity index (χ2v) is 5.97. The van der Waals surface area contributed by atoms with Crippen LogP contribution in [0.15, 0.2) is 22.7 Å². The highest BCUT2D eigenvalue weighted by Gasteiger charge is 2.27. The molecule has 2 rings (SSSR count). The zero-order valence-electron chi connectivity index (χ0n) is 12.6. The van der Waals surface area contributed by atoms with Crippen LogP contribution in [0.2, 0.25) is 5.02 Å². The summed E-state index contributed by atoms with van der Waals surface area (Å²) in [5, 5.41) is 6.72. The van der Waals surface area contributed by atoms with E-state index in [4.69, 9.17) is 16.1 Å². The molecule has 0 saturated carbocycles. The van der Waals surface area contributed by atoms with Crippen LogP contribution in [0.4, 0.5) is 4.39 Å². The molecule has 0 spiro atoms. The minimum Gasteiger partial charge on any atom is -0.344 e. The fourth-order valence-corrected chi connectivity index (χ4v) is 2.09. The Kier molecular flexibility index (Phi) is 4.81. The highest BCUT2D eigenvalue weighted by molar-refractivity contribution is 6.30. The van der Waals surface area contributed by atoms with Crippen LogP contribution in [0.1, 0.15) is 37.5 Å². The molecule has 1 aromatic carbocycles. The molecule has 22 heavy (non-hydrogen) atoms. The molecule has 1 amide bonds. The van der Waals surface area contributed by atoms with E-state index < -0.39 is 11.4 Å². The van der Waals surface area contributed by atoms with Crippen molar-refractivity contribution in [2.45, 2.75) is 39.2 Å². The van der Waals surface area contributed by atoms with Crippen molar-refractivity contribution in [3.8, 4) is 0 Å². The van der Waals surface area contributed by atoms with Gasteiger partial charge in [0.1, 0.15) is 5.82 Å². The van der Waals surface area contributed by atoms with Crippen molar-refractivity contribution in [1.29, 1.82) is 0 Å². The number of aryl methyl sites for hydroxylation is 2. The van der Waals surface area contributed by atoms with Crippen LogP contribution in [0.25, 0.3) is 0 Å². The highest BCUT2D eigenvalue weighted by Crippen LogP contribution is 2.18. The van der Waals surface area contributed by atoms with Gasteiger partial charge in [0, 0.05) is 13.3 Å². The summed E-state index contributed by atoms with van der Waals surface area (Å²) >= 11 is 5.62. The monoisotopic (exact) mass is 325 g/mol. The first-order chi connectivity index (χ1) is 10.3. The molecule has 0 aliphatic rings. The van der Waals surface area contributed by atoms with E-state index in [1.807, 2.05) is 0 Å². The van der Waals surface area contributed by atoms with Crippen molar-refractivity contribution in [2.75, 3.05) is 0 Å². The fourth-order valence-electron chi connectivity index (χ4n) is 1.97. The first-order valence-corrected chi connectivity index (χ1v) is 7.21. The van der Waals surface area contributed by atoms with Crippen molar-refractivity contribution >= 4 is 17.5 Å². The van der Waals surface area contributed by atoms with Gasteiger partial charge in [0.25, 0.3) is 0 Å². The Bertz CT molecular complexity index is 685. The maximum atomic E-state index is 13.3. The Labute approximate surface area is 132 Å². The maximum absolute atomic E-state index is 13.3. The molecule has 0 aliphatic carbocycles. The quantitative estimate of drug-likeness (QED) is 0.917. The summed E-state index contributed by atoms with van der Waals surface area (Å²) in [5.41, 5.74) is -0.0228. The van der Waals surface area contributed by atoms with Crippen LogP contribution in [0, 0.1) is 12.7 Å². The van der Waals surface area contributed by atoms with Crippen LogP contribution >= 0.6 is 11.6 Å². The molecule has 0 bridgehead atoms. The van der Waals surface area contributed by atoms with Crippen LogP contribution in [0.5, 0.6) is 0 Å². The number of rotatable bonds is 5. The van der Waals surface area contributed by atoms with E-state index in [1.54, 1.807) is 26.8 Å². The van der Waals surface area contributed by atoms with Crippen LogP contribution in [-0.2, 0) is 16.8 Å². The first kappa shape index (κ1) is 16.4. The van der Waals surface area contributed by atoms with E-state index in [0.717, 1.165) is 0 Å². The Morgan fingerprint density at radius 1 is 1.45 bits per heavy atom. The predicted molar refractivity (Wildman–Crippen MR) is 79.9 cm³/mol. The Morgan fingerprint density at radius 3 is 2.77 bits per heavy atom. The van der Waals surface area contributed by atoms with Gasteiger partial charge < -0.3 is 9.84 Å². The molecule has 0 aliphatic heterocycles. The summed E-state index contributed by atoms with van der Waals surface area (Å²) in [7, 11) is 0. The summed E-state index contributed by atoms with van der Waals surface area (Å²) in [6.07, 6.45) is 0.641. The standard InChI is InChI=1S/C15H17ClFN3O2/c1-9-18-14(20-22-9)15(2,3)19-13(21)7-5-10-4-6-11(16)12(17)8-10/h4,6,8H,5,7H2,1-3H3,(H,19,21). The van der Waals surface area contributed by atoms with Gasteiger partial charge in [-0.25, -0.2) is 4.39 Å². The number of nitrogens with zero attached hydrogens (tertiary/aromatic N) is 2. The van der Waals surface area contributed by atoms with E-state index in [1.165, 1.54) is 12.1 Å². The largest absolute Gasteiger partial charge is 0.344 e. The van der Waals surface area contributed by atoms with Crippen LogP contribution < -0.4 is 5.32 Å². The van der Waals surface area contributed by atoms with Crippen molar-refractivity contribution in [2.24, 2.45) is 0 Å². The molecular weight excluding hydrogens is 309 g/mol. The van der Waals surface area contributed by atoms with Gasteiger partial charge in [-0.15, -0.1) is 0 Å². The summed E-state index contributed by atoms with van der Waals surface area (Å²) in [4.78, 5) is 16.2. The molecule has 7 heteroatoms. The third-order valence-corrected chi connectivity index (χ3v) is 3.47. The van der Waals surface area contributed by atoms with Gasteiger partial charge in [-0.2, -0.15) is 4.98 Å². The predicted octanol–water partition coefficient (Wildman–Crippen LogP) is 3.15. The Hall–Kier alpha value is -1.95. The van der Waals surface area contributed by atoms with Crippen molar-refractivity contribution < 1.29 is 13.7 Å². The van der Waals surface area contributed by atoms with Gasteiger partial charge in [-0.3, -0.25) is 4.79 Å². The Morgan fingerprint density at radius 2 is 2.18 bits per heavy atom. The lowest BCUT2D eigenvalue weighted by Crippen LogP contribution is -2.42. The SMILES string of the molecule is Cc1nc(C(C)(C)NC(=O)CCc2ccc(Cl)c(F)c2)no1. The maximum Gasteiger partial charge on any atom is 0.223 e. The third-order valence-electron chi connectivity index (χ3n) is 3.16. The number of carbonyl (C=O) groups excluding carboxylic acids is 1. The zero-order valence-corrected chi connectivity index (χ0v) is 13.4. The van der Waals surface area contributed by atoms with Gasteiger partial charge in [-0.1, -0.05) is 22.8 Å². The minimum absolute atomic E-state index is 0.0711. The molecule has 0 saturated heterocycles. The first-order valence-electron chi connectivity index (χ1n) is 6.83. The lowest BCUT2D eigenvalue weighted by atomic mass is 10.0. The number of halogens is 2. The van der Waals surface area contributed by atoms with E-state index in [2.05, 4.69) is 15.5 Å². The molecular formula is C15H17ClFN3O2. The van der Waals surface area contributed by atoms with Crippen molar-refractivity contribution in [3.05, 3.63) is 46.3 Å². The molecule has 1 heterocycles. The minimum atomic E-state index is -0.736. The van der Waals surface area contributed by atoms with Crippen LogP contribution in [0.3, 0.4) is 0 Å². The van der Waals surface area contributed by atoms with E-state index in [-0.39, 0.29) is 17.4 Å². The lowest BCUT2D eigenvalue weighted by molar-refractivity contribution is -0.122. The van der Waals surface area contributed by atoms with Gasteiger partial charge in [0.15, 0.2) is 5.82 Å². The number of hydrogen-bond acceptors (Lipinski definition) is 4. The average Bonchev–Trinajstić information content (AvgIpc) is 2.87. The number of nitrogens with one attached hydrogen (secondary N) is 1. The number of amides is 1. The summed E-state index contributed by atoms with van der Waals surface area (Å²) < 4.78 is 18.3. The third kappa shape index (κ3) is 4.04. The lowest BCUT2D eigenvalue weighted by Gasteiger charge is -2.22. The van der Waals surface area contributed by atoms with Crippen molar-refractivity contribution in [1.82, 2.24) is 15.5 Å². The molecule has 2 aromatic rings. The number of benzene rings is 1. The van der Waals surface area contributed by atoms with Crippen molar-refractivity contribution in [3.63, 3.8) is 0 Å². The number of aromatic nitrogens is 2.